The zero-order valence-corrected chi connectivity index (χ0v) is 14.6. The lowest BCUT2D eigenvalue weighted by Gasteiger charge is -2.12. The lowest BCUT2D eigenvalue weighted by atomic mass is 10.2. The first kappa shape index (κ1) is 15.5. The average molecular weight is 352 g/mol. The Morgan fingerprint density at radius 3 is 2.76 bits per heavy atom. The van der Waals surface area contributed by atoms with Crippen molar-refractivity contribution in [2.24, 2.45) is 0 Å². The van der Waals surface area contributed by atoms with Crippen molar-refractivity contribution in [1.82, 2.24) is 14.4 Å². The maximum Gasteiger partial charge on any atom is 0.235 e. The van der Waals surface area contributed by atoms with Gasteiger partial charge < -0.3 is 14.8 Å². The zero-order valence-electron chi connectivity index (χ0n) is 13.8. The number of nitrogens with one attached hydrogen (secondary N) is 1. The second-order valence-electron chi connectivity index (χ2n) is 5.31. The quantitative estimate of drug-likeness (QED) is 0.583. The third-order valence-electron chi connectivity index (χ3n) is 3.84. The van der Waals surface area contributed by atoms with Gasteiger partial charge in [0.25, 0.3) is 0 Å². The molecule has 1 aromatic carbocycles. The molecule has 0 fully saturated rings. The molecule has 0 bridgehead atoms. The highest BCUT2D eigenvalue weighted by molar-refractivity contribution is 7.08. The summed E-state index contributed by atoms with van der Waals surface area (Å²) >= 11 is 1.64. The molecular weight excluding hydrogens is 336 g/mol. The topological polar surface area (TPSA) is 60.7 Å². The van der Waals surface area contributed by atoms with E-state index in [1.807, 2.05) is 46.3 Å². The average Bonchev–Trinajstić information content (AvgIpc) is 3.30. The molecule has 126 valence electrons. The second-order valence-corrected chi connectivity index (χ2v) is 6.09. The van der Waals surface area contributed by atoms with Gasteiger partial charge in [0, 0.05) is 35.1 Å². The van der Waals surface area contributed by atoms with Crippen LogP contribution in [0.1, 0.15) is 0 Å². The molecule has 4 aromatic rings. The number of ether oxygens (including phenoxy) is 2. The number of methoxy groups -OCH3 is 2. The molecule has 0 saturated carbocycles. The molecule has 0 aliphatic carbocycles. The van der Waals surface area contributed by atoms with Crippen LogP contribution in [0.2, 0.25) is 0 Å². The first-order chi connectivity index (χ1) is 12.3. The highest BCUT2D eigenvalue weighted by Gasteiger charge is 2.16. The van der Waals surface area contributed by atoms with Gasteiger partial charge in [0.1, 0.15) is 11.5 Å². The van der Waals surface area contributed by atoms with E-state index in [0.29, 0.717) is 17.3 Å². The molecule has 0 radical (unpaired) electrons. The van der Waals surface area contributed by atoms with Gasteiger partial charge in [-0.25, -0.2) is 9.97 Å². The minimum atomic E-state index is 0.645. The molecule has 6 nitrogen and oxygen atoms in total. The molecule has 3 aromatic heterocycles. The van der Waals surface area contributed by atoms with Crippen LogP contribution in [-0.4, -0.2) is 28.6 Å². The fraction of sp³-hybridized carbons (Fsp3) is 0.111. The van der Waals surface area contributed by atoms with Crippen molar-refractivity contribution in [3.05, 3.63) is 53.5 Å². The molecule has 25 heavy (non-hydrogen) atoms. The van der Waals surface area contributed by atoms with E-state index < -0.39 is 0 Å². The SMILES string of the molecule is COc1ccc(Nc2c(-c3ccsc3)nc3ncccn23)cc1OC. The Morgan fingerprint density at radius 1 is 1.12 bits per heavy atom. The second kappa shape index (κ2) is 6.45. The van der Waals surface area contributed by atoms with Gasteiger partial charge in [-0.3, -0.25) is 4.40 Å². The van der Waals surface area contributed by atoms with Crippen LogP contribution in [0.5, 0.6) is 11.5 Å². The predicted molar refractivity (Wildman–Crippen MR) is 99.1 cm³/mol. The van der Waals surface area contributed by atoms with Crippen molar-refractivity contribution in [1.29, 1.82) is 0 Å². The van der Waals surface area contributed by atoms with E-state index in [1.54, 1.807) is 31.8 Å². The maximum atomic E-state index is 5.39. The van der Waals surface area contributed by atoms with E-state index in [-0.39, 0.29) is 0 Å². The summed E-state index contributed by atoms with van der Waals surface area (Å²) in [5, 5.41) is 7.55. The van der Waals surface area contributed by atoms with Crippen LogP contribution in [-0.2, 0) is 0 Å². The number of benzene rings is 1. The fourth-order valence-electron chi connectivity index (χ4n) is 2.66. The molecule has 3 heterocycles. The summed E-state index contributed by atoms with van der Waals surface area (Å²) in [5.41, 5.74) is 2.79. The third-order valence-corrected chi connectivity index (χ3v) is 4.53. The van der Waals surface area contributed by atoms with Gasteiger partial charge in [-0.1, -0.05) is 0 Å². The molecule has 0 amide bonds. The number of hydrogen-bond acceptors (Lipinski definition) is 6. The normalized spacial score (nSPS) is 10.8. The van der Waals surface area contributed by atoms with Crippen LogP contribution in [0.15, 0.2) is 53.5 Å². The first-order valence-electron chi connectivity index (χ1n) is 7.65. The van der Waals surface area contributed by atoms with Gasteiger partial charge in [-0.05, 0) is 29.6 Å². The standard InChI is InChI=1S/C18H16N4O2S/c1-23-14-5-4-13(10-15(14)24-2)20-17-16(12-6-9-25-11-12)21-18-19-7-3-8-22(17)18/h3-11,20H,1-2H3. The molecular formula is C18H16N4O2S. The molecule has 0 atom stereocenters. The van der Waals surface area contributed by atoms with Gasteiger partial charge in [-0.2, -0.15) is 11.3 Å². The molecule has 0 saturated heterocycles. The Kier molecular flexibility index (Phi) is 3.99. The Hall–Kier alpha value is -3.06. The third kappa shape index (κ3) is 2.78. The van der Waals surface area contributed by atoms with E-state index in [2.05, 4.69) is 20.7 Å². The van der Waals surface area contributed by atoms with Gasteiger partial charge in [0.15, 0.2) is 11.5 Å². The lowest BCUT2D eigenvalue weighted by Crippen LogP contribution is -1.98. The number of imidazole rings is 1. The smallest absolute Gasteiger partial charge is 0.235 e. The van der Waals surface area contributed by atoms with Crippen molar-refractivity contribution < 1.29 is 9.47 Å². The molecule has 0 unspecified atom stereocenters. The van der Waals surface area contributed by atoms with Crippen molar-refractivity contribution in [2.45, 2.75) is 0 Å². The van der Waals surface area contributed by atoms with E-state index in [4.69, 9.17) is 9.47 Å². The van der Waals surface area contributed by atoms with Crippen LogP contribution in [0.25, 0.3) is 17.0 Å². The number of fused-ring (bicyclic) bond motifs is 1. The van der Waals surface area contributed by atoms with Gasteiger partial charge >= 0.3 is 0 Å². The van der Waals surface area contributed by atoms with E-state index in [9.17, 15) is 0 Å². The Labute approximate surface area is 148 Å². The zero-order chi connectivity index (χ0) is 17.2. The summed E-state index contributed by atoms with van der Waals surface area (Å²) < 4.78 is 12.6. The summed E-state index contributed by atoms with van der Waals surface area (Å²) in [6.45, 7) is 0. The summed E-state index contributed by atoms with van der Waals surface area (Å²) in [6, 6.07) is 9.63. The lowest BCUT2D eigenvalue weighted by molar-refractivity contribution is 0.355. The molecule has 1 N–H and O–H groups in total. The fourth-order valence-corrected chi connectivity index (χ4v) is 3.30. The number of hydrogen-bond donors (Lipinski definition) is 1. The van der Waals surface area contributed by atoms with E-state index in [1.165, 1.54) is 0 Å². The predicted octanol–water partition coefficient (Wildman–Crippen LogP) is 4.22. The Bertz CT molecular complexity index is 1010. The monoisotopic (exact) mass is 352 g/mol. The van der Waals surface area contributed by atoms with Gasteiger partial charge in [0.2, 0.25) is 5.78 Å². The Morgan fingerprint density at radius 2 is 2.00 bits per heavy atom. The molecule has 0 aliphatic rings. The molecule has 7 heteroatoms. The maximum absolute atomic E-state index is 5.39. The van der Waals surface area contributed by atoms with E-state index >= 15 is 0 Å². The first-order valence-corrected chi connectivity index (χ1v) is 8.59. The largest absolute Gasteiger partial charge is 0.493 e. The summed E-state index contributed by atoms with van der Waals surface area (Å²) in [7, 11) is 3.24. The van der Waals surface area contributed by atoms with Crippen molar-refractivity contribution in [3.63, 3.8) is 0 Å². The number of anilines is 2. The number of aromatic nitrogens is 3. The van der Waals surface area contributed by atoms with E-state index in [0.717, 1.165) is 22.8 Å². The van der Waals surface area contributed by atoms with Crippen molar-refractivity contribution in [2.75, 3.05) is 19.5 Å². The number of rotatable bonds is 5. The number of nitrogens with zero attached hydrogens (tertiary/aromatic N) is 3. The summed E-state index contributed by atoms with van der Waals surface area (Å²) in [5.74, 6) is 2.85. The molecule has 4 rings (SSSR count). The summed E-state index contributed by atoms with van der Waals surface area (Å²) in [4.78, 5) is 9.01. The van der Waals surface area contributed by atoms with Gasteiger partial charge in [-0.15, -0.1) is 0 Å². The highest BCUT2D eigenvalue weighted by Crippen LogP contribution is 2.35. The minimum absolute atomic E-state index is 0.645. The number of thiophene rings is 1. The van der Waals surface area contributed by atoms with Crippen LogP contribution in [0.4, 0.5) is 11.5 Å². The van der Waals surface area contributed by atoms with Crippen molar-refractivity contribution >= 4 is 28.6 Å². The van der Waals surface area contributed by atoms with Crippen LogP contribution >= 0.6 is 11.3 Å². The minimum Gasteiger partial charge on any atom is -0.493 e. The molecule has 0 aliphatic heterocycles. The van der Waals surface area contributed by atoms with Crippen LogP contribution in [0.3, 0.4) is 0 Å². The summed E-state index contributed by atoms with van der Waals surface area (Å²) in [6.07, 6.45) is 3.67. The molecule has 0 spiro atoms. The van der Waals surface area contributed by atoms with Crippen LogP contribution < -0.4 is 14.8 Å². The van der Waals surface area contributed by atoms with Crippen molar-refractivity contribution in [3.8, 4) is 22.8 Å². The van der Waals surface area contributed by atoms with Gasteiger partial charge in [0.05, 0.1) is 14.2 Å². The van der Waals surface area contributed by atoms with Crippen LogP contribution in [0, 0.1) is 0 Å². The highest BCUT2D eigenvalue weighted by atomic mass is 32.1. The Balaban J connectivity index is 1.82.